The van der Waals surface area contributed by atoms with Crippen LogP contribution < -0.4 is 5.32 Å². The average molecular weight is 269 g/mol. The number of likely N-dealkylation sites (N-methyl/N-ethyl adjacent to an activating group) is 1. The molecule has 1 rings (SSSR count). The molecule has 1 aromatic heterocycles. The number of methoxy groups -OCH3 is 1. The summed E-state index contributed by atoms with van der Waals surface area (Å²) in [7, 11) is 3.78. The van der Waals surface area contributed by atoms with E-state index in [0.717, 1.165) is 38.4 Å². The van der Waals surface area contributed by atoms with E-state index < -0.39 is 0 Å². The van der Waals surface area contributed by atoms with E-state index in [0.29, 0.717) is 0 Å². The number of nitrogens with zero attached hydrogens (tertiary/aromatic N) is 2. The van der Waals surface area contributed by atoms with Gasteiger partial charge in [0.25, 0.3) is 0 Å². The fourth-order valence-corrected chi connectivity index (χ4v) is 1.90. The molecule has 4 nitrogen and oxygen atoms in total. The molecule has 5 heteroatoms. The van der Waals surface area contributed by atoms with Crippen LogP contribution in [0.15, 0.2) is 18.3 Å². The second kappa shape index (κ2) is 8.96. The number of nitrogens with one attached hydrogen (secondary N) is 1. The molecule has 0 saturated carbocycles. The van der Waals surface area contributed by atoms with Gasteiger partial charge in [0, 0.05) is 13.7 Å². The van der Waals surface area contributed by atoms with Gasteiger partial charge in [-0.3, -0.25) is 4.98 Å². The van der Waals surface area contributed by atoms with Crippen molar-refractivity contribution in [3.05, 3.63) is 29.8 Å². The van der Waals surface area contributed by atoms with Crippen LogP contribution in [0.5, 0.6) is 0 Å². The summed E-state index contributed by atoms with van der Waals surface area (Å²) >= 11 is 0. The number of pyridine rings is 1. The van der Waals surface area contributed by atoms with Gasteiger partial charge in [-0.15, -0.1) is 0 Å². The molecule has 0 fully saturated rings. The molecule has 0 spiro atoms. The van der Waals surface area contributed by atoms with Crippen molar-refractivity contribution < 1.29 is 9.13 Å². The third kappa shape index (κ3) is 6.09. The molecule has 108 valence electrons. The van der Waals surface area contributed by atoms with Crippen molar-refractivity contribution in [3.8, 4) is 0 Å². The second-order valence-corrected chi connectivity index (χ2v) is 4.60. The number of rotatable bonds is 9. The lowest BCUT2D eigenvalue weighted by Crippen LogP contribution is -2.29. The molecule has 1 aromatic rings. The quantitative estimate of drug-likeness (QED) is 0.742. The van der Waals surface area contributed by atoms with Crippen LogP contribution in [0.3, 0.4) is 0 Å². The minimum absolute atomic E-state index is 0.163. The molecule has 0 bridgehead atoms. The van der Waals surface area contributed by atoms with Gasteiger partial charge in [-0.05, 0) is 38.7 Å². The maximum atomic E-state index is 12.9. The zero-order valence-corrected chi connectivity index (χ0v) is 12.0. The molecular formula is C14H24FN3O. The maximum Gasteiger partial charge on any atom is 0.141 e. The van der Waals surface area contributed by atoms with Gasteiger partial charge in [0.15, 0.2) is 0 Å². The van der Waals surface area contributed by atoms with E-state index in [1.54, 1.807) is 13.2 Å². The van der Waals surface area contributed by atoms with Crippen molar-refractivity contribution in [2.24, 2.45) is 0 Å². The van der Waals surface area contributed by atoms with Crippen LogP contribution in [0.1, 0.15) is 25.1 Å². The fraction of sp³-hybridized carbons (Fsp3) is 0.643. The number of hydrogen-bond acceptors (Lipinski definition) is 4. The van der Waals surface area contributed by atoms with Gasteiger partial charge in [0.2, 0.25) is 0 Å². The Morgan fingerprint density at radius 2 is 2.21 bits per heavy atom. The monoisotopic (exact) mass is 269 g/mol. The Balaban J connectivity index is 2.50. The number of ether oxygens (including phenoxy) is 1. The first kappa shape index (κ1) is 16.0. The summed E-state index contributed by atoms with van der Waals surface area (Å²) in [6.07, 6.45) is 2.21. The number of aromatic nitrogens is 1. The summed E-state index contributed by atoms with van der Waals surface area (Å²) in [6.45, 7) is 5.51. The van der Waals surface area contributed by atoms with Crippen LogP contribution in [0, 0.1) is 5.82 Å². The number of hydrogen-bond donors (Lipinski definition) is 1. The summed E-state index contributed by atoms with van der Waals surface area (Å²) < 4.78 is 17.9. The third-order valence-electron chi connectivity index (χ3n) is 3.03. The van der Waals surface area contributed by atoms with Crippen molar-refractivity contribution in [1.29, 1.82) is 0 Å². The van der Waals surface area contributed by atoms with Crippen molar-refractivity contribution in [2.75, 3.05) is 40.4 Å². The minimum atomic E-state index is -0.295. The van der Waals surface area contributed by atoms with Gasteiger partial charge >= 0.3 is 0 Å². The maximum absolute atomic E-state index is 12.9. The highest BCUT2D eigenvalue weighted by molar-refractivity contribution is 5.09. The lowest BCUT2D eigenvalue weighted by atomic mass is 10.1. The number of halogens is 1. The average Bonchev–Trinajstić information content (AvgIpc) is 2.42. The second-order valence-electron chi connectivity index (χ2n) is 4.60. The molecular weight excluding hydrogens is 245 g/mol. The summed E-state index contributed by atoms with van der Waals surface area (Å²) in [5.74, 6) is -0.295. The lowest BCUT2D eigenvalue weighted by molar-refractivity contribution is 0.158. The minimum Gasteiger partial charge on any atom is -0.383 e. The normalized spacial score (nSPS) is 12.9. The fourth-order valence-electron chi connectivity index (χ4n) is 1.90. The first-order valence-corrected chi connectivity index (χ1v) is 6.69. The van der Waals surface area contributed by atoms with Gasteiger partial charge in [0.05, 0.1) is 24.5 Å². The molecule has 0 aliphatic rings. The van der Waals surface area contributed by atoms with E-state index in [1.165, 1.54) is 12.3 Å². The van der Waals surface area contributed by atoms with E-state index in [4.69, 9.17) is 4.74 Å². The Labute approximate surface area is 115 Å². The van der Waals surface area contributed by atoms with Crippen LogP contribution in [-0.2, 0) is 4.74 Å². The molecule has 1 N–H and O–H groups in total. The first-order chi connectivity index (χ1) is 9.17. The zero-order valence-electron chi connectivity index (χ0n) is 12.0. The Kier molecular flexibility index (Phi) is 7.55. The van der Waals surface area contributed by atoms with E-state index in [2.05, 4.69) is 29.2 Å². The van der Waals surface area contributed by atoms with Gasteiger partial charge < -0.3 is 15.0 Å². The van der Waals surface area contributed by atoms with Crippen LogP contribution >= 0.6 is 0 Å². The summed E-state index contributed by atoms with van der Waals surface area (Å²) in [4.78, 5) is 6.38. The van der Waals surface area contributed by atoms with Gasteiger partial charge in [0.1, 0.15) is 5.82 Å². The molecule has 0 aliphatic carbocycles. The van der Waals surface area contributed by atoms with Gasteiger partial charge in [-0.2, -0.15) is 0 Å². The Hall–Kier alpha value is -1.04. The molecule has 0 aromatic carbocycles. The Bertz CT molecular complexity index is 345. The standard InChI is InChI=1S/C14H24FN3O/c1-4-16-14(7-8-18(2)9-10-19-3)13-6-5-12(15)11-17-13/h5-6,11,14,16H,4,7-10H2,1-3H3. The SMILES string of the molecule is CCNC(CCN(C)CCOC)c1ccc(F)cn1. The molecule has 1 heterocycles. The van der Waals surface area contributed by atoms with Crippen molar-refractivity contribution in [3.63, 3.8) is 0 Å². The van der Waals surface area contributed by atoms with E-state index in [1.807, 2.05) is 0 Å². The molecule has 0 saturated heterocycles. The highest BCUT2D eigenvalue weighted by atomic mass is 19.1. The van der Waals surface area contributed by atoms with Crippen molar-refractivity contribution in [2.45, 2.75) is 19.4 Å². The van der Waals surface area contributed by atoms with E-state index >= 15 is 0 Å². The van der Waals surface area contributed by atoms with Crippen molar-refractivity contribution >= 4 is 0 Å². The topological polar surface area (TPSA) is 37.4 Å². The molecule has 0 radical (unpaired) electrons. The van der Waals surface area contributed by atoms with Crippen LogP contribution in [0.25, 0.3) is 0 Å². The zero-order chi connectivity index (χ0) is 14.1. The van der Waals surface area contributed by atoms with E-state index in [9.17, 15) is 4.39 Å². The van der Waals surface area contributed by atoms with Crippen LogP contribution in [0.2, 0.25) is 0 Å². The predicted molar refractivity (Wildman–Crippen MR) is 74.6 cm³/mol. The summed E-state index contributed by atoms with van der Waals surface area (Å²) in [6, 6.07) is 3.37. The Morgan fingerprint density at radius 1 is 1.42 bits per heavy atom. The molecule has 0 amide bonds. The predicted octanol–water partition coefficient (Wildman–Crippen LogP) is 1.84. The van der Waals surface area contributed by atoms with Crippen LogP contribution in [0.4, 0.5) is 4.39 Å². The third-order valence-corrected chi connectivity index (χ3v) is 3.03. The lowest BCUT2D eigenvalue weighted by Gasteiger charge is -2.21. The highest BCUT2D eigenvalue weighted by Crippen LogP contribution is 2.14. The summed E-state index contributed by atoms with van der Waals surface area (Å²) in [5.41, 5.74) is 0.892. The molecule has 1 unspecified atom stereocenters. The van der Waals surface area contributed by atoms with Crippen LogP contribution in [-0.4, -0.2) is 50.3 Å². The van der Waals surface area contributed by atoms with E-state index in [-0.39, 0.29) is 11.9 Å². The largest absolute Gasteiger partial charge is 0.383 e. The van der Waals surface area contributed by atoms with Gasteiger partial charge in [-0.1, -0.05) is 6.92 Å². The smallest absolute Gasteiger partial charge is 0.141 e. The summed E-state index contributed by atoms with van der Waals surface area (Å²) in [5, 5.41) is 3.39. The molecule has 1 atom stereocenters. The Morgan fingerprint density at radius 3 is 2.79 bits per heavy atom. The van der Waals surface area contributed by atoms with Crippen molar-refractivity contribution in [1.82, 2.24) is 15.2 Å². The highest BCUT2D eigenvalue weighted by Gasteiger charge is 2.12. The van der Waals surface area contributed by atoms with Gasteiger partial charge in [-0.25, -0.2) is 4.39 Å². The first-order valence-electron chi connectivity index (χ1n) is 6.69. The molecule has 0 aliphatic heterocycles. The molecule has 19 heavy (non-hydrogen) atoms.